The van der Waals surface area contributed by atoms with Crippen LogP contribution in [0.25, 0.3) is 11.1 Å². The standard InChI is InChI=1S/C29H38F3N3O5S/c1-28(17-40-18-28)34-41(37,38)26-9-8-20(15-23(26)29(30,31)32)22-16-25(27(36)33-21-10-12-39-13-11-21)35(2)24(22)14-19-6-4-3-5-7-19/h8-9,15-16,19,21,34H,3-7,10-14,17-18H2,1-2H3,(H,33,36). The lowest BCUT2D eigenvalue weighted by atomic mass is 9.85. The van der Waals surface area contributed by atoms with E-state index in [2.05, 4.69) is 10.0 Å². The van der Waals surface area contributed by atoms with E-state index in [0.717, 1.165) is 43.5 Å². The number of rotatable bonds is 8. The van der Waals surface area contributed by atoms with Crippen molar-refractivity contribution in [2.75, 3.05) is 26.4 Å². The number of hydrogen-bond donors (Lipinski definition) is 2. The van der Waals surface area contributed by atoms with Crippen molar-refractivity contribution in [2.24, 2.45) is 13.0 Å². The zero-order valence-electron chi connectivity index (χ0n) is 23.5. The average molecular weight is 598 g/mol. The molecule has 2 N–H and O–H groups in total. The van der Waals surface area contributed by atoms with Gasteiger partial charge in [-0.3, -0.25) is 4.79 Å². The van der Waals surface area contributed by atoms with Crippen molar-refractivity contribution in [1.29, 1.82) is 0 Å². The maximum Gasteiger partial charge on any atom is 0.417 e. The molecule has 1 aromatic carbocycles. The molecular weight excluding hydrogens is 559 g/mol. The molecule has 5 rings (SSSR count). The minimum atomic E-state index is -4.92. The fraction of sp³-hybridized carbons (Fsp3) is 0.621. The van der Waals surface area contributed by atoms with E-state index in [1.807, 2.05) is 0 Å². The smallest absolute Gasteiger partial charge is 0.381 e. The molecular formula is C29H38F3N3O5S. The maximum absolute atomic E-state index is 14.4. The molecule has 0 radical (unpaired) electrons. The number of amides is 1. The molecule has 0 spiro atoms. The predicted octanol–water partition coefficient (Wildman–Crippen LogP) is 4.81. The number of carbonyl (C=O) groups is 1. The molecule has 0 atom stereocenters. The first-order chi connectivity index (χ1) is 19.4. The van der Waals surface area contributed by atoms with Crippen molar-refractivity contribution < 1.29 is 35.9 Å². The Hall–Kier alpha value is -2.41. The molecule has 1 saturated carbocycles. The Morgan fingerprint density at radius 1 is 1.05 bits per heavy atom. The minimum absolute atomic E-state index is 0.0341. The summed E-state index contributed by atoms with van der Waals surface area (Å²) in [6.07, 6.45) is 2.51. The van der Waals surface area contributed by atoms with Crippen molar-refractivity contribution in [2.45, 2.75) is 80.9 Å². The quantitative estimate of drug-likeness (QED) is 0.455. The Balaban J connectivity index is 1.54. The first kappa shape index (κ1) is 30.1. The number of carbonyl (C=O) groups excluding carboxylic acids is 1. The Labute approximate surface area is 239 Å². The number of halogens is 3. The molecule has 0 unspecified atom stereocenters. The summed E-state index contributed by atoms with van der Waals surface area (Å²) in [4.78, 5) is 12.5. The highest BCUT2D eigenvalue weighted by molar-refractivity contribution is 7.89. The summed E-state index contributed by atoms with van der Waals surface area (Å²) < 4.78 is 83.8. The average Bonchev–Trinajstić information content (AvgIpc) is 3.23. The summed E-state index contributed by atoms with van der Waals surface area (Å²) in [5, 5.41) is 3.05. The molecule has 2 aliphatic heterocycles. The number of nitrogens with one attached hydrogen (secondary N) is 2. The van der Waals surface area contributed by atoms with Crippen molar-refractivity contribution in [3.63, 3.8) is 0 Å². The minimum Gasteiger partial charge on any atom is -0.381 e. The monoisotopic (exact) mass is 597 g/mol. The molecule has 3 heterocycles. The Morgan fingerprint density at radius 2 is 1.73 bits per heavy atom. The van der Waals surface area contributed by atoms with Gasteiger partial charge in [0.25, 0.3) is 5.91 Å². The van der Waals surface area contributed by atoms with Crippen molar-refractivity contribution in [3.8, 4) is 11.1 Å². The molecule has 3 fully saturated rings. The highest BCUT2D eigenvalue weighted by Gasteiger charge is 2.42. The van der Waals surface area contributed by atoms with Crippen LogP contribution in [0.15, 0.2) is 29.2 Å². The van der Waals surface area contributed by atoms with Gasteiger partial charge >= 0.3 is 6.18 Å². The molecule has 3 aliphatic rings. The number of aromatic nitrogens is 1. The summed E-state index contributed by atoms with van der Waals surface area (Å²) in [7, 11) is -2.71. The second kappa shape index (κ2) is 11.7. The summed E-state index contributed by atoms with van der Waals surface area (Å²) in [5.74, 6) is 0.0739. The van der Waals surface area contributed by atoms with Gasteiger partial charge in [0.15, 0.2) is 0 Å². The second-order valence-electron chi connectivity index (χ2n) is 11.9. The van der Waals surface area contributed by atoms with Gasteiger partial charge in [0.1, 0.15) is 5.69 Å². The van der Waals surface area contributed by atoms with Crippen LogP contribution in [0, 0.1) is 5.92 Å². The van der Waals surface area contributed by atoms with Crippen molar-refractivity contribution in [3.05, 3.63) is 41.2 Å². The van der Waals surface area contributed by atoms with Crippen LogP contribution in [-0.2, 0) is 39.1 Å². The highest BCUT2D eigenvalue weighted by Crippen LogP contribution is 2.40. The van der Waals surface area contributed by atoms with Gasteiger partial charge in [-0.2, -0.15) is 13.2 Å². The zero-order chi connectivity index (χ0) is 29.4. The third-order valence-corrected chi connectivity index (χ3v) is 10.2. The zero-order valence-corrected chi connectivity index (χ0v) is 24.3. The van der Waals surface area contributed by atoms with Crippen LogP contribution < -0.4 is 10.0 Å². The van der Waals surface area contributed by atoms with E-state index in [1.165, 1.54) is 12.5 Å². The summed E-state index contributed by atoms with van der Waals surface area (Å²) in [6.45, 7) is 2.88. The van der Waals surface area contributed by atoms with E-state index >= 15 is 0 Å². The fourth-order valence-corrected chi connectivity index (χ4v) is 7.71. The van der Waals surface area contributed by atoms with Gasteiger partial charge in [0.05, 0.1) is 29.2 Å². The largest absolute Gasteiger partial charge is 0.417 e. The topological polar surface area (TPSA) is 98.7 Å². The SMILES string of the molecule is Cn1c(C(=O)NC2CCOCC2)cc(-c2ccc(S(=O)(=O)NC3(C)COC3)c(C(F)(F)F)c2)c1CC1CCCCC1. The van der Waals surface area contributed by atoms with E-state index in [1.54, 1.807) is 24.6 Å². The predicted molar refractivity (Wildman–Crippen MR) is 147 cm³/mol. The lowest BCUT2D eigenvalue weighted by molar-refractivity contribution is -0.139. The summed E-state index contributed by atoms with van der Waals surface area (Å²) in [5.41, 5.74) is -0.332. The molecule has 1 aliphatic carbocycles. The van der Waals surface area contributed by atoms with Gasteiger partial charge in [-0.05, 0) is 55.9 Å². The molecule has 1 amide bonds. The fourth-order valence-electron chi connectivity index (χ4n) is 6.12. The second-order valence-corrected chi connectivity index (χ2v) is 13.5. The number of benzene rings is 1. The van der Waals surface area contributed by atoms with Crippen LogP contribution in [0.5, 0.6) is 0 Å². The van der Waals surface area contributed by atoms with E-state index in [-0.39, 0.29) is 30.7 Å². The van der Waals surface area contributed by atoms with Crippen LogP contribution in [-0.4, -0.2) is 56.9 Å². The number of sulfonamides is 1. The van der Waals surface area contributed by atoms with Gasteiger partial charge in [0, 0.05) is 37.6 Å². The third kappa shape index (κ3) is 6.65. The highest BCUT2D eigenvalue weighted by atomic mass is 32.2. The van der Waals surface area contributed by atoms with Gasteiger partial charge in [-0.1, -0.05) is 38.2 Å². The lowest BCUT2D eigenvalue weighted by Crippen LogP contribution is -2.59. The van der Waals surface area contributed by atoms with Gasteiger partial charge < -0.3 is 19.4 Å². The third-order valence-electron chi connectivity index (χ3n) is 8.46. The molecule has 0 bridgehead atoms. The molecule has 226 valence electrons. The van der Waals surface area contributed by atoms with Crippen LogP contribution in [0.3, 0.4) is 0 Å². The van der Waals surface area contributed by atoms with Crippen molar-refractivity contribution >= 4 is 15.9 Å². The first-order valence-electron chi connectivity index (χ1n) is 14.3. The molecule has 2 aromatic rings. The maximum atomic E-state index is 14.4. The van der Waals surface area contributed by atoms with Gasteiger partial charge in [0.2, 0.25) is 10.0 Å². The molecule has 12 heteroatoms. The van der Waals surface area contributed by atoms with Gasteiger partial charge in [-0.25, -0.2) is 13.1 Å². The molecule has 2 saturated heterocycles. The van der Waals surface area contributed by atoms with Gasteiger partial charge in [-0.15, -0.1) is 0 Å². The van der Waals surface area contributed by atoms with E-state index < -0.39 is 32.2 Å². The number of ether oxygens (including phenoxy) is 2. The van der Waals surface area contributed by atoms with Crippen LogP contribution in [0.4, 0.5) is 13.2 Å². The molecule has 1 aromatic heterocycles. The van der Waals surface area contributed by atoms with E-state index in [0.29, 0.717) is 49.7 Å². The van der Waals surface area contributed by atoms with Crippen LogP contribution in [0.1, 0.15) is 73.6 Å². The van der Waals surface area contributed by atoms with E-state index in [4.69, 9.17) is 9.47 Å². The Bertz CT molecular complexity index is 1370. The van der Waals surface area contributed by atoms with Crippen LogP contribution >= 0.6 is 0 Å². The Kier molecular flexibility index (Phi) is 8.58. The molecule has 41 heavy (non-hydrogen) atoms. The molecule has 8 nitrogen and oxygen atoms in total. The number of alkyl halides is 3. The summed E-state index contributed by atoms with van der Waals surface area (Å²) >= 11 is 0. The van der Waals surface area contributed by atoms with Crippen molar-refractivity contribution in [1.82, 2.24) is 14.6 Å². The first-order valence-corrected chi connectivity index (χ1v) is 15.8. The number of nitrogens with zero attached hydrogens (tertiary/aromatic N) is 1. The normalized spacial score (nSPS) is 20.5. The van der Waals surface area contributed by atoms with E-state index in [9.17, 15) is 26.4 Å². The Morgan fingerprint density at radius 3 is 2.34 bits per heavy atom. The van der Waals surface area contributed by atoms with Crippen LogP contribution in [0.2, 0.25) is 0 Å². The number of hydrogen-bond acceptors (Lipinski definition) is 5. The lowest BCUT2D eigenvalue weighted by Gasteiger charge is -2.38. The summed E-state index contributed by atoms with van der Waals surface area (Å²) in [6, 6.07) is 4.93.